The van der Waals surface area contributed by atoms with Crippen molar-refractivity contribution in [3.8, 4) is 0 Å². The van der Waals surface area contributed by atoms with Crippen LogP contribution in [-0.4, -0.2) is 24.7 Å². The van der Waals surface area contributed by atoms with Crippen LogP contribution in [0.4, 0.5) is 15.8 Å². The largest absolute Gasteiger partial charge is 0.371 e. The zero-order chi connectivity index (χ0) is 19.0. The zero-order valence-electron chi connectivity index (χ0n) is 15.1. The molecule has 0 saturated carbocycles. The Bertz CT molecular complexity index is 938. The van der Waals surface area contributed by atoms with Crippen molar-refractivity contribution in [3.05, 3.63) is 65.6 Å². The molecule has 0 aromatic heterocycles. The average Bonchev–Trinajstić information content (AvgIpc) is 3.20. The number of halogens is 1. The Hall–Kier alpha value is -3.15. The number of allylic oxidation sites excluding steroid dienone is 1. The average molecular weight is 364 g/mol. The molecule has 2 aromatic rings. The van der Waals surface area contributed by atoms with E-state index in [1.54, 1.807) is 12.3 Å². The third-order valence-electron chi connectivity index (χ3n) is 5.36. The molecule has 0 aliphatic carbocycles. The van der Waals surface area contributed by atoms with Gasteiger partial charge in [0.2, 0.25) is 0 Å². The van der Waals surface area contributed by atoms with E-state index in [2.05, 4.69) is 22.6 Å². The summed E-state index contributed by atoms with van der Waals surface area (Å²) in [5.74, 6) is -0.230. The van der Waals surface area contributed by atoms with E-state index < -0.39 is 5.54 Å². The van der Waals surface area contributed by atoms with Crippen molar-refractivity contribution in [2.24, 2.45) is 5.10 Å². The Morgan fingerprint density at radius 2 is 2.11 bits per heavy atom. The number of benzene rings is 2. The maximum absolute atomic E-state index is 13.5. The van der Waals surface area contributed by atoms with E-state index in [0.29, 0.717) is 19.4 Å². The lowest BCUT2D eigenvalue weighted by atomic mass is 9.93. The summed E-state index contributed by atoms with van der Waals surface area (Å²) in [4.78, 5) is 15.0. The number of amides is 1. The molecule has 2 heterocycles. The smallest absolute Gasteiger partial charge is 0.253 e. The van der Waals surface area contributed by atoms with E-state index in [4.69, 9.17) is 0 Å². The molecule has 27 heavy (non-hydrogen) atoms. The number of rotatable bonds is 4. The maximum Gasteiger partial charge on any atom is 0.253 e. The molecular weight excluding hydrogens is 343 g/mol. The number of nitrogens with zero attached hydrogens (tertiary/aromatic N) is 2. The molecule has 1 spiro atoms. The number of hydrogen-bond acceptors (Lipinski definition) is 4. The minimum atomic E-state index is -0.663. The second kappa shape index (κ2) is 6.54. The number of hydrazone groups is 1. The Morgan fingerprint density at radius 3 is 2.85 bits per heavy atom. The van der Waals surface area contributed by atoms with Crippen molar-refractivity contribution in [1.82, 2.24) is 5.43 Å². The van der Waals surface area contributed by atoms with Gasteiger partial charge in [0.05, 0.1) is 0 Å². The van der Waals surface area contributed by atoms with Crippen LogP contribution in [0, 0.1) is 5.82 Å². The molecule has 0 radical (unpaired) electrons. The molecule has 2 aliphatic rings. The van der Waals surface area contributed by atoms with Crippen LogP contribution in [-0.2, 0) is 11.2 Å². The standard InChI is InChI=1S/C21H21FN4O/c1-14(13-24-23-2)15-3-6-18(7-4-15)26-10-9-21(20(26)27)12-16-11-17(22)5-8-19(16)25-21/h3-8,11,13,24-25H,2,9-10,12H2,1H3/b14-13+. The predicted octanol–water partition coefficient (Wildman–Crippen LogP) is 3.54. The third-order valence-corrected chi connectivity index (χ3v) is 5.36. The van der Waals surface area contributed by atoms with Gasteiger partial charge in [-0.25, -0.2) is 4.39 Å². The number of anilines is 2. The fraction of sp³-hybridized carbons (Fsp3) is 0.238. The number of hydrogen-bond donors (Lipinski definition) is 2. The number of nitrogens with one attached hydrogen (secondary N) is 2. The molecule has 1 fully saturated rings. The van der Waals surface area contributed by atoms with Crippen molar-refractivity contribution >= 4 is 29.6 Å². The molecule has 138 valence electrons. The van der Waals surface area contributed by atoms with E-state index in [1.165, 1.54) is 12.1 Å². The first kappa shape index (κ1) is 17.3. The summed E-state index contributed by atoms with van der Waals surface area (Å²) >= 11 is 0. The molecule has 1 unspecified atom stereocenters. The van der Waals surface area contributed by atoms with Crippen molar-refractivity contribution in [2.75, 3.05) is 16.8 Å². The summed E-state index contributed by atoms with van der Waals surface area (Å²) in [5, 5.41) is 6.94. The molecule has 1 amide bonds. The van der Waals surface area contributed by atoms with Crippen LogP contribution in [0.25, 0.3) is 5.57 Å². The lowest BCUT2D eigenvalue weighted by Crippen LogP contribution is -2.45. The summed E-state index contributed by atoms with van der Waals surface area (Å²) in [7, 11) is 0. The second-order valence-corrected chi connectivity index (χ2v) is 7.05. The van der Waals surface area contributed by atoms with Crippen LogP contribution in [0.2, 0.25) is 0 Å². The molecule has 0 bridgehead atoms. The molecule has 2 aliphatic heterocycles. The highest BCUT2D eigenvalue weighted by Crippen LogP contribution is 2.40. The van der Waals surface area contributed by atoms with Gasteiger partial charge in [0.25, 0.3) is 5.91 Å². The molecular formula is C21H21FN4O. The Balaban J connectivity index is 1.54. The van der Waals surface area contributed by atoms with E-state index in [9.17, 15) is 9.18 Å². The van der Waals surface area contributed by atoms with Gasteiger partial charge in [-0.3, -0.25) is 10.2 Å². The Labute approximate surface area is 157 Å². The lowest BCUT2D eigenvalue weighted by molar-refractivity contribution is -0.120. The van der Waals surface area contributed by atoms with Crippen LogP contribution in [0.3, 0.4) is 0 Å². The first-order valence-corrected chi connectivity index (χ1v) is 8.89. The third kappa shape index (κ3) is 2.97. The van der Waals surface area contributed by atoms with Crippen LogP contribution in [0.15, 0.2) is 53.8 Å². The van der Waals surface area contributed by atoms with E-state index in [0.717, 1.165) is 28.1 Å². The summed E-state index contributed by atoms with van der Waals surface area (Å²) in [6.45, 7) is 5.99. The number of fused-ring (bicyclic) bond motifs is 1. The van der Waals surface area contributed by atoms with E-state index >= 15 is 0 Å². The SMILES string of the molecule is C=NN/C=C(\C)c1ccc(N2CCC3(Cc4cc(F)ccc4N3)C2=O)cc1. The van der Waals surface area contributed by atoms with Crippen LogP contribution < -0.4 is 15.6 Å². The van der Waals surface area contributed by atoms with Crippen molar-refractivity contribution in [3.63, 3.8) is 0 Å². The van der Waals surface area contributed by atoms with Gasteiger partial charge in [-0.05, 0) is 60.4 Å². The number of carbonyl (C=O) groups excluding carboxylic acids is 1. The van der Waals surface area contributed by atoms with Crippen LogP contribution in [0.1, 0.15) is 24.5 Å². The monoisotopic (exact) mass is 364 g/mol. The van der Waals surface area contributed by atoms with Gasteiger partial charge in [-0.15, -0.1) is 0 Å². The normalized spacial score (nSPS) is 21.3. The van der Waals surface area contributed by atoms with Crippen LogP contribution in [0.5, 0.6) is 0 Å². The second-order valence-electron chi connectivity index (χ2n) is 7.05. The summed E-state index contributed by atoms with van der Waals surface area (Å²) < 4.78 is 13.5. The molecule has 1 saturated heterocycles. The summed E-state index contributed by atoms with van der Waals surface area (Å²) in [5.41, 5.74) is 6.71. The molecule has 6 heteroatoms. The number of carbonyl (C=O) groups is 1. The van der Waals surface area contributed by atoms with Crippen molar-refractivity contribution in [1.29, 1.82) is 0 Å². The molecule has 2 N–H and O–H groups in total. The van der Waals surface area contributed by atoms with Gasteiger partial charge in [-0.1, -0.05) is 12.1 Å². The van der Waals surface area contributed by atoms with Gasteiger partial charge < -0.3 is 10.2 Å². The first-order valence-electron chi connectivity index (χ1n) is 8.89. The fourth-order valence-corrected chi connectivity index (χ4v) is 3.88. The predicted molar refractivity (Wildman–Crippen MR) is 106 cm³/mol. The maximum atomic E-state index is 13.5. The minimum absolute atomic E-state index is 0.0386. The van der Waals surface area contributed by atoms with Crippen molar-refractivity contribution < 1.29 is 9.18 Å². The van der Waals surface area contributed by atoms with Crippen LogP contribution >= 0.6 is 0 Å². The minimum Gasteiger partial charge on any atom is -0.371 e. The highest BCUT2D eigenvalue weighted by molar-refractivity contribution is 6.06. The van der Waals surface area contributed by atoms with E-state index in [-0.39, 0.29) is 11.7 Å². The first-order chi connectivity index (χ1) is 13.0. The molecule has 1 atom stereocenters. The van der Waals surface area contributed by atoms with Crippen molar-refractivity contribution in [2.45, 2.75) is 25.3 Å². The van der Waals surface area contributed by atoms with Gasteiger partial charge in [-0.2, -0.15) is 5.10 Å². The van der Waals surface area contributed by atoms with Gasteiger partial charge in [0, 0.05) is 37.3 Å². The topological polar surface area (TPSA) is 56.7 Å². The van der Waals surface area contributed by atoms with Gasteiger partial charge >= 0.3 is 0 Å². The zero-order valence-corrected chi connectivity index (χ0v) is 15.1. The molecule has 4 rings (SSSR count). The Morgan fingerprint density at radius 1 is 1.33 bits per heavy atom. The summed E-state index contributed by atoms with van der Waals surface area (Å²) in [6, 6.07) is 12.5. The Kier molecular flexibility index (Phi) is 4.18. The highest BCUT2D eigenvalue weighted by atomic mass is 19.1. The van der Waals surface area contributed by atoms with Gasteiger partial charge in [0.15, 0.2) is 0 Å². The quantitative estimate of drug-likeness (QED) is 0.645. The van der Waals surface area contributed by atoms with E-state index in [1.807, 2.05) is 36.1 Å². The fourth-order valence-electron chi connectivity index (χ4n) is 3.88. The lowest BCUT2D eigenvalue weighted by Gasteiger charge is -2.24. The summed E-state index contributed by atoms with van der Waals surface area (Å²) in [6.07, 6.45) is 2.99. The molecule has 5 nitrogen and oxygen atoms in total. The molecule has 2 aromatic carbocycles. The van der Waals surface area contributed by atoms with Gasteiger partial charge in [0.1, 0.15) is 11.4 Å². The highest BCUT2D eigenvalue weighted by Gasteiger charge is 2.50.